The molecule has 15 heavy (non-hydrogen) atoms. The second-order valence-electron chi connectivity index (χ2n) is 5.08. The van der Waals surface area contributed by atoms with Gasteiger partial charge in [0.05, 0.1) is 12.3 Å². The molecule has 1 aromatic heterocycles. The van der Waals surface area contributed by atoms with Gasteiger partial charge < -0.3 is 4.74 Å². The maximum atomic E-state index is 13.5. The summed E-state index contributed by atoms with van der Waals surface area (Å²) in [5.74, 6) is 0.287. The standard InChI is InChI=1S/C12H16FNO/c1-12(2,3)10-6-9(7-14-11(10)13)15-8-4-5-8/h6-8H,4-5H2,1-3H3. The Morgan fingerprint density at radius 3 is 2.60 bits per heavy atom. The van der Waals surface area contributed by atoms with Crippen LogP contribution in [-0.2, 0) is 5.41 Å². The van der Waals surface area contributed by atoms with E-state index in [1.54, 1.807) is 6.07 Å². The summed E-state index contributed by atoms with van der Waals surface area (Å²) in [7, 11) is 0. The molecule has 1 aliphatic rings. The summed E-state index contributed by atoms with van der Waals surface area (Å²) >= 11 is 0. The zero-order chi connectivity index (χ0) is 11.1. The Kier molecular flexibility index (Phi) is 2.41. The van der Waals surface area contributed by atoms with Gasteiger partial charge in [-0.2, -0.15) is 4.39 Å². The van der Waals surface area contributed by atoms with Crippen molar-refractivity contribution < 1.29 is 9.13 Å². The van der Waals surface area contributed by atoms with Crippen molar-refractivity contribution in [2.75, 3.05) is 0 Å². The first-order valence-electron chi connectivity index (χ1n) is 5.29. The molecule has 1 saturated carbocycles. The molecule has 0 unspecified atom stereocenters. The van der Waals surface area contributed by atoms with Gasteiger partial charge in [-0.3, -0.25) is 0 Å². The third-order valence-electron chi connectivity index (χ3n) is 2.45. The Labute approximate surface area is 89.5 Å². The number of ether oxygens (including phenoxy) is 1. The Morgan fingerprint density at radius 2 is 2.07 bits per heavy atom. The molecule has 0 atom stereocenters. The SMILES string of the molecule is CC(C)(C)c1cc(OC2CC2)cnc1F. The highest BCUT2D eigenvalue weighted by Gasteiger charge is 2.25. The highest BCUT2D eigenvalue weighted by molar-refractivity contribution is 5.29. The van der Waals surface area contributed by atoms with Gasteiger partial charge in [-0.1, -0.05) is 20.8 Å². The molecule has 2 rings (SSSR count). The minimum atomic E-state index is -0.398. The molecule has 0 spiro atoms. The van der Waals surface area contributed by atoms with Gasteiger partial charge in [0.15, 0.2) is 0 Å². The fraction of sp³-hybridized carbons (Fsp3) is 0.583. The number of hydrogen-bond acceptors (Lipinski definition) is 2. The molecule has 1 aromatic rings. The van der Waals surface area contributed by atoms with Gasteiger partial charge in [0.1, 0.15) is 5.75 Å². The Balaban J connectivity index is 2.27. The van der Waals surface area contributed by atoms with Crippen LogP contribution in [0, 0.1) is 5.95 Å². The summed E-state index contributed by atoms with van der Waals surface area (Å²) in [6.07, 6.45) is 3.98. The number of hydrogen-bond donors (Lipinski definition) is 0. The Morgan fingerprint density at radius 1 is 1.40 bits per heavy atom. The van der Waals surface area contributed by atoms with Gasteiger partial charge >= 0.3 is 0 Å². The van der Waals surface area contributed by atoms with Crippen molar-refractivity contribution in [3.8, 4) is 5.75 Å². The number of rotatable bonds is 2. The molecule has 0 radical (unpaired) electrons. The molecular formula is C12H16FNO. The predicted octanol–water partition coefficient (Wildman–Crippen LogP) is 3.06. The van der Waals surface area contributed by atoms with Crippen LogP contribution in [0.3, 0.4) is 0 Å². The van der Waals surface area contributed by atoms with E-state index in [1.165, 1.54) is 6.20 Å². The van der Waals surface area contributed by atoms with E-state index in [9.17, 15) is 4.39 Å². The van der Waals surface area contributed by atoms with Crippen LogP contribution >= 0.6 is 0 Å². The molecule has 1 aliphatic carbocycles. The third-order valence-corrected chi connectivity index (χ3v) is 2.45. The van der Waals surface area contributed by atoms with E-state index in [1.807, 2.05) is 20.8 Å². The van der Waals surface area contributed by atoms with E-state index in [0.29, 0.717) is 17.4 Å². The average molecular weight is 209 g/mol. The van der Waals surface area contributed by atoms with Crippen LogP contribution < -0.4 is 4.74 Å². The summed E-state index contributed by atoms with van der Waals surface area (Å²) in [5.41, 5.74) is 0.376. The van der Waals surface area contributed by atoms with Crippen molar-refractivity contribution in [1.29, 1.82) is 0 Å². The van der Waals surface area contributed by atoms with Crippen LogP contribution in [0.2, 0.25) is 0 Å². The Bertz CT molecular complexity index is 366. The summed E-state index contributed by atoms with van der Waals surface area (Å²) < 4.78 is 19.0. The number of aromatic nitrogens is 1. The van der Waals surface area contributed by atoms with Crippen LogP contribution in [0.4, 0.5) is 4.39 Å². The largest absolute Gasteiger partial charge is 0.489 e. The van der Waals surface area contributed by atoms with Crippen LogP contribution in [0.1, 0.15) is 39.2 Å². The quantitative estimate of drug-likeness (QED) is 0.698. The molecule has 0 aliphatic heterocycles. The van der Waals surface area contributed by atoms with E-state index in [0.717, 1.165) is 12.8 Å². The molecule has 82 valence electrons. The molecule has 2 nitrogen and oxygen atoms in total. The van der Waals surface area contributed by atoms with Gasteiger partial charge in [0.2, 0.25) is 5.95 Å². The first-order valence-corrected chi connectivity index (χ1v) is 5.29. The normalized spacial score (nSPS) is 16.5. The zero-order valence-corrected chi connectivity index (χ0v) is 9.38. The van der Waals surface area contributed by atoms with Crippen LogP contribution in [0.15, 0.2) is 12.3 Å². The maximum Gasteiger partial charge on any atom is 0.216 e. The number of halogens is 1. The van der Waals surface area contributed by atoms with Crippen LogP contribution in [-0.4, -0.2) is 11.1 Å². The molecule has 0 aromatic carbocycles. The van der Waals surface area contributed by atoms with Crippen molar-refractivity contribution in [1.82, 2.24) is 4.98 Å². The van der Waals surface area contributed by atoms with E-state index in [-0.39, 0.29) is 5.41 Å². The lowest BCUT2D eigenvalue weighted by atomic mass is 9.88. The van der Waals surface area contributed by atoms with Gasteiger partial charge in [0, 0.05) is 5.56 Å². The molecular weight excluding hydrogens is 193 g/mol. The second-order valence-corrected chi connectivity index (χ2v) is 5.08. The molecule has 1 heterocycles. The Hall–Kier alpha value is -1.12. The lowest BCUT2D eigenvalue weighted by Crippen LogP contribution is -2.15. The van der Waals surface area contributed by atoms with Crippen molar-refractivity contribution >= 4 is 0 Å². The van der Waals surface area contributed by atoms with E-state index >= 15 is 0 Å². The van der Waals surface area contributed by atoms with Gasteiger partial charge in [-0.25, -0.2) is 4.98 Å². The summed E-state index contributed by atoms with van der Waals surface area (Å²) in [6, 6.07) is 1.76. The van der Waals surface area contributed by atoms with E-state index in [4.69, 9.17) is 4.74 Å². The van der Waals surface area contributed by atoms with Crippen LogP contribution in [0.5, 0.6) is 5.75 Å². The maximum absolute atomic E-state index is 13.5. The van der Waals surface area contributed by atoms with Crippen molar-refractivity contribution in [3.63, 3.8) is 0 Å². The van der Waals surface area contributed by atoms with Crippen LogP contribution in [0.25, 0.3) is 0 Å². The van der Waals surface area contributed by atoms with Gasteiger partial charge in [-0.05, 0) is 24.3 Å². The van der Waals surface area contributed by atoms with Gasteiger partial charge in [-0.15, -0.1) is 0 Å². The van der Waals surface area contributed by atoms with Crippen molar-refractivity contribution in [2.24, 2.45) is 0 Å². The molecule has 0 amide bonds. The van der Waals surface area contributed by atoms with Crippen molar-refractivity contribution in [3.05, 3.63) is 23.8 Å². The number of nitrogens with zero attached hydrogens (tertiary/aromatic N) is 1. The van der Waals surface area contributed by atoms with E-state index < -0.39 is 5.95 Å². The lowest BCUT2D eigenvalue weighted by molar-refractivity contribution is 0.299. The fourth-order valence-electron chi connectivity index (χ4n) is 1.40. The minimum Gasteiger partial charge on any atom is -0.489 e. The topological polar surface area (TPSA) is 22.1 Å². The highest BCUT2D eigenvalue weighted by Crippen LogP contribution is 2.30. The predicted molar refractivity (Wildman–Crippen MR) is 56.5 cm³/mol. The van der Waals surface area contributed by atoms with E-state index in [2.05, 4.69) is 4.98 Å². The lowest BCUT2D eigenvalue weighted by Gasteiger charge is -2.19. The molecule has 0 N–H and O–H groups in total. The third kappa shape index (κ3) is 2.46. The molecule has 0 saturated heterocycles. The number of pyridine rings is 1. The first-order chi connectivity index (χ1) is 6.97. The summed E-state index contributed by atoms with van der Waals surface area (Å²) in [4.78, 5) is 3.73. The average Bonchev–Trinajstić information content (AvgIpc) is 2.90. The molecule has 1 fully saturated rings. The smallest absolute Gasteiger partial charge is 0.216 e. The second kappa shape index (κ2) is 3.47. The highest BCUT2D eigenvalue weighted by atomic mass is 19.1. The molecule has 0 bridgehead atoms. The zero-order valence-electron chi connectivity index (χ0n) is 9.38. The minimum absolute atomic E-state index is 0.236. The van der Waals surface area contributed by atoms with Crippen molar-refractivity contribution in [2.45, 2.75) is 45.1 Å². The first kappa shape index (κ1) is 10.4. The van der Waals surface area contributed by atoms with Gasteiger partial charge in [0.25, 0.3) is 0 Å². The summed E-state index contributed by atoms with van der Waals surface area (Å²) in [6.45, 7) is 5.90. The monoisotopic (exact) mass is 209 g/mol. The molecule has 3 heteroatoms. The summed E-state index contributed by atoms with van der Waals surface area (Å²) in [5, 5.41) is 0. The fourth-order valence-corrected chi connectivity index (χ4v) is 1.40.